The molecule has 0 aliphatic rings. The van der Waals surface area contributed by atoms with E-state index in [1.165, 1.54) is 44.9 Å². The van der Waals surface area contributed by atoms with Gasteiger partial charge in [-0.2, -0.15) is 0 Å². The molecule has 0 rings (SSSR count). The second kappa shape index (κ2) is 42.7. The third kappa shape index (κ3) is 39.3. The largest absolute Gasteiger partial charge is 0.481 e. The van der Waals surface area contributed by atoms with Gasteiger partial charge in [0, 0.05) is 45.3 Å². The van der Waals surface area contributed by atoms with Crippen LogP contribution in [0.1, 0.15) is 161 Å². The number of carboxylic acid groups (broad SMARTS) is 2. The highest BCUT2D eigenvalue weighted by Crippen LogP contribution is 2.14. The standard InChI is InChI=1S/C44H81N5O13/c1-46-38(43(56)49-45)22-16-14-15-20-37(51)34-61-32-31-60-29-27-47-41(53)35-62-33-30-59-28-19-21-36(50)25-26-39(44(57)58)48-40(52)23-17-12-10-8-6-4-2-3-5-7-9-11-13-18-24-42(54)55/h38-39,46H,2-35,45H2,1H3,(H,47,53)(H,48,52)(H,49,56)(H,54,55)(H,57,58)/t38-,39-/m0/s1/i/hT. The molecule has 0 spiro atoms. The summed E-state index contributed by atoms with van der Waals surface area (Å²) in [5.41, 5.74) is 0.323. The predicted molar refractivity (Wildman–Crippen MR) is 234 cm³/mol. The number of aliphatic carboxylic acids is 2. The zero-order valence-electron chi connectivity index (χ0n) is 38.6. The first-order valence-corrected chi connectivity index (χ1v) is 23.0. The van der Waals surface area contributed by atoms with Crippen molar-refractivity contribution in [3.05, 3.63) is 0 Å². The average Bonchev–Trinajstić information content (AvgIpc) is 3.24. The van der Waals surface area contributed by atoms with Gasteiger partial charge < -0.3 is 45.1 Å². The highest BCUT2D eigenvalue weighted by Gasteiger charge is 2.21. The maximum absolute atomic E-state index is 12.3. The third-order valence-corrected chi connectivity index (χ3v) is 10.2. The summed E-state index contributed by atoms with van der Waals surface area (Å²) < 4.78 is 28.7. The number of hydrogen-bond acceptors (Lipinski definition) is 13. The molecule has 0 aromatic heterocycles. The summed E-state index contributed by atoms with van der Waals surface area (Å²) in [7, 11) is 1.63. The molecule has 0 fully saturated rings. The molecule has 0 aromatic carbocycles. The molecular formula is C44H81N5O13. The zero-order valence-corrected chi connectivity index (χ0v) is 37.6. The van der Waals surface area contributed by atoms with Crippen LogP contribution in [-0.4, -0.2) is 130 Å². The topological polar surface area (TPSA) is 271 Å². The van der Waals surface area contributed by atoms with Crippen molar-refractivity contribution in [3.8, 4) is 0 Å². The molecule has 0 saturated heterocycles. The van der Waals surface area contributed by atoms with Crippen LogP contribution in [0.5, 0.6) is 0 Å². The summed E-state index contributed by atoms with van der Waals surface area (Å²) in [5.74, 6) is 2.03. The fourth-order valence-electron chi connectivity index (χ4n) is 6.51. The Balaban J connectivity index is 3.67. The van der Waals surface area contributed by atoms with E-state index in [9.17, 15) is 38.7 Å². The van der Waals surface area contributed by atoms with Gasteiger partial charge in [-0.15, -0.1) is 0 Å². The first kappa shape index (κ1) is 56.5. The number of ether oxygens (including phenoxy) is 4. The summed E-state index contributed by atoms with van der Waals surface area (Å²) in [6, 6.07) is -1.62. The minimum Gasteiger partial charge on any atom is -0.481 e. The van der Waals surface area contributed by atoms with E-state index in [4.69, 9.17) is 31.3 Å². The van der Waals surface area contributed by atoms with Crippen molar-refractivity contribution in [2.45, 2.75) is 173 Å². The van der Waals surface area contributed by atoms with E-state index >= 15 is 0 Å². The van der Waals surface area contributed by atoms with E-state index in [-0.39, 0.29) is 108 Å². The quantitative estimate of drug-likeness (QED) is 0.0194. The minimum atomic E-state index is -1.16. The van der Waals surface area contributed by atoms with Crippen molar-refractivity contribution >= 4 is 41.2 Å². The van der Waals surface area contributed by atoms with E-state index in [0.29, 0.717) is 44.1 Å². The second-order valence-corrected chi connectivity index (χ2v) is 15.6. The molecule has 0 aliphatic carbocycles. The van der Waals surface area contributed by atoms with E-state index < -0.39 is 29.9 Å². The number of hydrogen-bond donors (Lipinski definition) is 7. The van der Waals surface area contributed by atoms with Crippen LogP contribution in [0.25, 0.3) is 0 Å². The molecule has 0 unspecified atom stereocenters. The number of nitrogens with two attached hydrogens (primary N) is 1. The minimum absolute atomic E-state index is 0.0112. The summed E-state index contributed by atoms with van der Waals surface area (Å²) in [4.78, 5) is 82.5. The van der Waals surface area contributed by atoms with E-state index in [1.807, 2.05) is 0 Å². The first-order valence-electron chi connectivity index (χ1n) is 23.4. The van der Waals surface area contributed by atoms with E-state index in [1.54, 1.807) is 7.05 Å². The maximum atomic E-state index is 12.3. The van der Waals surface area contributed by atoms with Gasteiger partial charge in [0.2, 0.25) is 11.8 Å². The highest BCUT2D eigenvalue weighted by atomic mass is 16.5. The van der Waals surface area contributed by atoms with Crippen LogP contribution >= 0.6 is 0 Å². The van der Waals surface area contributed by atoms with Crippen molar-refractivity contribution in [1.29, 1.82) is 0 Å². The molecule has 0 aromatic rings. The molecule has 0 aliphatic heterocycles. The number of nitrogens with one attached hydrogen (secondary N) is 4. The second-order valence-electron chi connectivity index (χ2n) is 15.6. The van der Waals surface area contributed by atoms with Gasteiger partial charge in [-0.05, 0) is 45.6 Å². The van der Waals surface area contributed by atoms with Crippen LogP contribution in [0.3, 0.4) is 0 Å². The Hall–Kier alpha value is -3.55. The number of ketones is 2. The number of Topliss-reactive ketones (excluding diaryl/α,β-unsaturated/α-hetero) is 2. The van der Waals surface area contributed by atoms with Crippen LogP contribution in [0.15, 0.2) is 0 Å². The Morgan fingerprint density at radius 2 is 1.02 bits per heavy atom. The maximum Gasteiger partial charge on any atom is 0.326 e. The molecule has 8 N–H and O–H groups in total. The summed E-state index contributed by atoms with van der Waals surface area (Å²) in [6.45, 7) is 1.63. The number of carbonyl (C=O) groups is 7. The molecule has 0 heterocycles. The number of amides is 3. The molecule has 3 amide bonds. The van der Waals surface area contributed by atoms with E-state index in [2.05, 4.69) is 16.0 Å². The molecule has 18 heteroatoms. The normalized spacial score (nSPS) is 12.3. The van der Waals surface area contributed by atoms with Crippen LogP contribution in [0.4, 0.5) is 0 Å². The molecule has 0 saturated carbocycles. The molecule has 18 nitrogen and oxygen atoms in total. The number of unbranched alkanes of at least 4 members (excludes halogenated alkanes) is 15. The van der Waals surface area contributed by atoms with Crippen molar-refractivity contribution in [2.75, 3.05) is 66.4 Å². The Kier molecular flexibility index (Phi) is 38.9. The van der Waals surface area contributed by atoms with E-state index in [0.717, 1.165) is 51.4 Å². The van der Waals surface area contributed by atoms with Crippen LogP contribution in [0, 0.1) is 0 Å². The summed E-state index contributed by atoms with van der Waals surface area (Å²) in [6.07, 6.45) is 19.4. The van der Waals surface area contributed by atoms with Gasteiger partial charge in [-0.3, -0.25) is 34.2 Å². The van der Waals surface area contributed by atoms with Gasteiger partial charge in [-0.1, -0.05) is 89.9 Å². The fourth-order valence-corrected chi connectivity index (χ4v) is 6.51. The average molecular weight is 890 g/mol. The SMILES string of the molecule is [3H]N(N)C(=O)[C@H](CCCCCC(=O)COCCOCCNC(=O)COCCOCCCC(=O)CC[C@H](NC(=O)CCCCCCCCCCCCCCCCC(=O)O)C(=O)O)NC. The first-order chi connectivity index (χ1) is 30.4. The summed E-state index contributed by atoms with van der Waals surface area (Å²) >= 11 is 0. The van der Waals surface area contributed by atoms with Gasteiger partial charge in [-0.25, -0.2) is 10.6 Å². The van der Waals surface area contributed by atoms with Crippen LogP contribution in [0.2, 0.25) is 1.41 Å². The number of likely N-dealkylation sites (N-methyl/N-ethyl adjacent to an activating group) is 1. The predicted octanol–water partition coefficient (Wildman–Crippen LogP) is 4.29. The number of rotatable bonds is 47. The zero-order chi connectivity index (χ0) is 46.8. The molecule has 0 bridgehead atoms. The van der Waals surface area contributed by atoms with Crippen molar-refractivity contribution in [1.82, 2.24) is 21.4 Å². The molecule has 360 valence electrons. The van der Waals surface area contributed by atoms with Crippen molar-refractivity contribution in [2.24, 2.45) is 5.84 Å². The Morgan fingerprint density at radius 1 is 0.516 bits per heavy atom. The fraction of sp³-hybridized carbons (Fsp3) is 0.841. The monoisotopic (exact) mass is 890 g/mol. The molecular weight excluding hydrogens is 807 g/mol. The van der Waals surface area contributed by atoms with Gasteiger partial charge in [0.1, 0.15) is 25.0 Å². The van der Waals surface area contributed by atoms with Crippen LogP contribution < -0.4 is 27.2 Å². The molecule has 0 radical (unpaired) electrons. The van der Waals surface area contributed by atoms with Gasteiger partial charge in [0.05, 0.1) is 39.1 Å². The lowest BCUT2D eigenvalue weighted by Gasteiger charge is -2.14. The smallest absolute Gasteiger partial charge is 0.326 e. The van der Waals surface area contributed by atoms with Crippen molar-refractivity contribution in [3.63, 3.8) is 0 Å². The van der Waals surface area contributed by atoms with Gasteiger partial charge in [0.15, 0.2) is 7.20 Å². The van der Waals surface area contributed by atoms with Crippen LogP contribution in [-0.2, 0) is 52.5 Å². The Morgan fingerprint density at radius 3 is 1.58 bits per heavy atom. The number of carboxylic acids is 2. The third-order valence-electron chi connectivity index (χ3n) is 10.2. The van der Waals surface area contributed by atoms with Gasteiger partial charge in [0.25, 0.3) is 5.91 Å². The lowest BCUT2D eigenvalue weighted by atomic mass is 10.0. The number of hydrazine groups is 1. The lowest BCUT2D eigenvalue weighted by Crippen LogP contribution is -2.45. The number of carbonyl (C=O) groups excluding carboxylic acids is 5. The lowest BCUT2D eigenvalue weighted by molar-refractivity contribution is -0.142. The highest BCUT2D eigenvalue weighted by molar-refractivity contribution is 5.85. The Labute approximate surface area is 371 Å². The summed E-state index contributed by atoms with van der Waals surface area (Å²) in [5, 5.41) is 26.3. The molecule has 62 heavy (non-hydrogen) atoms. The molecule has 2 atom stereocenters. The van der Waals surface area contributed by atoms with Crippen molar-refractivity contribution < 1.29 is 64.1 Å². The Bertz CT molecular complexity index is 1250. The van der Waals surface area contributed by atoms with Gasteiger partial charge >= 0.3 is 11.9 Å².